The number of amides is 1. The molecule has 0 aromatic carbocycles. The van der Waals surface area contributed by atoms with E-state index in [0.717, 1.165) is 0 Å². The number of pyridine rings is 1. The molecule has 0 atom stereocenters. The summed E-state index contributed by atoms with van der Waals surface area (Å²) in [6.45, 7) is 1.04. The predicted octanol–water partition coefficient (Wildman–Crippen LogP) is 2.63. The Bertz CT molecular complexity index is 649. The number of hydrogen-bond acceptors (Lipinski definition) is 4. The Kier molecular flexibility index (Phi) is 3.92. The van der Waals surface area contributed by atoms with E-state index in [2.05, 4.69) is 4.98 Å². The molecule has 6 heteroatoms. The van der Waals surface area contributed by atoms with E-state index in [1.165, 1.54) is 6.08 Å². The predicted molar refractivity (Wildman–Crippen MR) is 78.0 cm³/mol. The maximum atomic E-state index is 11.9. The minimum atomic E-state index is -0.0710. The van der Waals surface area contributed by atoms with Gasteiger partial charge in [-0.15, -0.1) is 0 Å². The van der Waals surface area contributed by atoms with E-state index >= 15 is 0 Å². The van der Waals surface area contributed by atoms with Crippen LogP contribution in [-0.4, -0.2) is 35.0 Å². The molecule has 2 aromatic heterocycles. The van der Waals surface area contributed by atoms with E-state index in [9.17, 15) is 4.79 Å². The van der Waals surface area contributed by atoms with Gasteiger partial charge in [0.25, 0.3) is 0 Å². The topological polar surface area (TPSA) is 55.6 Å². The zero-order valence-corrected chi connectivity index (χ0v) is 11.9. The molecule has 1 aliphatic heterocycles. The largest absolute Gasteiger partial charge is 0.470 e. The van der Waals surface area contributed by atoms with Crippen molar-refractivity contribution in [3.8, 4) is 5.88 Å². The third-order valence-electron chi connectivity index (χ3n) is 3.10. The van der Waals surface area contributed by atoms with Crippen LogP contribution in [0.4, 0.5) is 0 Å². The Hall–Kier alpha value is -2.27. The molecule has 3 heterocycles. The third kappa shape index (κ3) is 3.25. The van der Waals surface area contributed by atoms with Crippen LogP contribution in [0.3, 0.4) is 0 Å². The fourth-order valence-electron chi connectivity index (χ4n) is 1.95. The molecule has 0 radical (unpaired) electrons. The molecule has 0 spiro atoms. The van der Waals surface area contributed by atoms with E-state index < -0.39 is 0 Å². The molecule has 1 fully saturated rings. The smallest absolute Gasteiger partial charge is 0.246 e. The summed E-state index contributed by atoms with van der Waals surface area (Å²) in [7, 11) is 0. The maximum absolute atomic E-state index is 11.9. The molecule has 0 saturated carbocycles. The Labute approximate surface area is 126 Å². The van der Waals surface area contributed by atoms with Crippen LogP contribution in [0.2, 0.25) is 5.02 Å². The van der Waals surface area contributed by atoms with Gasteiger partial charge in [-0.3, -0.25) is 4.79 Å². The lowest BCUT2D eigenvalue weighted by Gasteiger charge is -2.38. The van der Waals surface area contributed by atoms with Crippen LogP contribution in [0.25, 0.3) is 6.08 Å². The number of halogens is 1. The molecule has 5 nitrogen and oxygen atoms in total. The summed E-state index contributed by atoms with van der Waals surface area (Å²) in [5.41, 5.74) is 0. The highest BCUT2D eigenvalue weighted by molar-refractivity contribution is 6.31. The molecule has 1 saturated heterocycles. The summed E-state index contributed by atoms with van der Waals surface area (Å²) in [5, 5.41) is 0.472. The minimum absolute atomic E-state index is 0.0710. The molecule has 2 aromatic rings. The first-order valence-electron chi connectivity index (χ1n) is 6.50. The monoisotopic (exact) mass is 304 g/mol. The summed E-state index contributed by atoms with van der Waals surface area (Å²) in [4.78, 5) is 17.6. The third-order valence-corrected chi connectivity index (χ3v) is 3.38. The van der Waals surface area contributed by atoms with Crippen LogP contribution >= 0.6 is 11.6 Å². The average molecular weight is 305 g/mol. The number of carbonyl (C=O) groups is 1. The number of ether oxygens (including phenoxy) is 1. The van der Waals surface area contributed by atoms with E-state index in [1.807, 2.05) is 0 Å². The highest BCUT2D eigenvalue weighted by Crippen LogP contribution is 2.24. The van der Waals surface area contributed by atoms with Gasteiger partial charge in [0.1, 0.15) is 16.9 Å². The highest BCUT2D eigenvalue weighted by atomic mass is 35.5. The van der Waals surface area contributed by atoms with Gasteiger partial charge in [0.05, 0.1) is 19.4 Å². The van der Waals surface area contributed by atoms with Gasteiger partial charge >= 0.3 is 0 Å². The standard InChI is InChI=1S/C15H13ClN2O3/c16-13-4-1-7-17-15(13)21-12-9-18(10-12)14(19)6-5-11-3-2-8-20-11/h1-8,12H,9-10H2/b6-5+. The van der Waals surface area contributed by atoms with Crippen molar-refractivity contribution in [2.45, 2.75) is 6.10 Å². The van der Waals surface area contributed by atoms with Crippen molar-refractivity contribution in [1.82, 2.24) is 9.88 Å². The zero-order valence-electron chi connectivity index (χ0n) is 11.1. The van der Waals surface area contributed by atoms with Crippen LogP contribution < -0.4 is 4.74 Å². The van der Waals surface area contributed by atoms with Crippen LogP contribution in [0.1, 0.15) is 5.76 Å². The van der Waals surface area contributed by atoms with Crippen molar-refractivity contribution in [3.63, 3.8) is 0 Å². The summed E-state index contributed by atoms with van der Waals surface area (Å²) >= 11 is 5.97. The number of nitrogens with zero attached hydrogens (tertiary/aromatic N) is 2. The van der Waals surface area contributed by atoms with Crippen molar-refractivity contribution in [2.24, 2.45) is 0 Å². The van der Waals surface area contributed by atoms with Gasteiger partial charge < -0.3 is 14.1 Å². The van der Waals surface area contributed by atoms with Gasteiger partial charge in [0.15, 0.2) is 0 Å². The van der Waals surface area contributed by atoms with Gasteiger partial charge in [-0.05, 0) is 30.3 Å². The number of carbonyl (C=O) groups excluding carboxylic acids is 1. The van der Waals surface area contributed by atoms with Crippen molar-refractivity contribution >= 4 is 23.6 Å². The van der Waals surface area contributed by atoms with Crippen molar-refractivity contribution in [2.75, 3.05) is 13.1 Å². The minimum Gasteiger partial charge on any atom is -0.470 e. The summed E-state index contributed by atoms with van der Waals surface area (Å²) in [6, 6.07) is 7.02. The Morgan fingerprint density at radius 3 is 3.00 bits per heavy atom. The number of likely N-dealkylation sites (tertiary alicyclic amines) is 1. The number of furan rings is 1. The summed E-state index contributed by atoms with van der Waals surface area (Å²) in [6.07, 6.45) is 6.25. The van der Waals surface area contributed by atoms with Crippen LogP contribution in [0.5, 0.6) is 5.88 Å². The molecule has 0 bridgehead atoms. The summed E-state index contributed by atoms with van der Waals surface area (Å²) < 4.78 is 10.8. The van der Waals surface area contributed by atoms with E-state index in [0.29, 0.717) is 29.8 Å². The Morgan fingerprint density at radius 1 is 1.43 bits per heavy atom. The molecule has 3 rings (SSSR count). The average Bonchev–Trinajstić information content (AvgIpc) is 2.95. The first-order valence-corrected chi connectivity index (χ1v) is 6.88. The van der Waals surface area contributed by atoms with Gasteiger partial charge in [-0.25, -0.2) is 4.98 Å². The summed E-state index contributed by atoms with van der Waals surface area (Å²) in [5.74, 6) is 0.984. The maximum Gasteiger partial charge on any atom is 0.246 e. The van der Waals surface area contributed by atoms with E-state index in [1.54, 1.807) is 47.7 Å². The quantitative estimate of drug-likeness (QED) is 0.815. The normalized spacial score (nSPS) is 15.2. The van der Waals surface area contributed by atoms with Gasteiger partial charge in [-0.1, -0.05) is 11.6 Å². The number of rotatable bonds is 4. The first-order chi connectivity index (χ1) is 10.2. The van der Waals surface area contributed by atoms with E-state index in [-0.39, 0.29) is 12.0 Å². The lowest BCUT2D eigenvalue weighted by molar-refractivity contribution is -0.134. The molecule has 0 N–H and O–H groups in total. The SMILES string of the molecule is O=C(/C=C/c1ccco1)N1CC(Oc2ncccc2Cl)C1. The second-order valence-electron chi connectivity index (χ2n) is 4.62. The zero-order chi connectivity index (χ0) is 14.7. The first kappa shape index (κ1) is 13.7. The molecule has 0 aliphatic carbocycles. The van der Waals surface area contributed by atoms with Crippen molar-refractivity contribution < 1.29 is 13.9 Å². The fraction of sp³-hybridized carbons (Fsp3) is 0.200. The Morgan fingerprint density at radius 2 is 2.29 bits per heavy atom. The van der Waals surface area contributed by atoms with Crippen LogP contribution in [0.15, 0.2) is 47.2 Å². The van der Waals surface area contributed by atoms with E-state index in [4.69, 9.17) is 20.8 Å². The fourth-order valence-corrected chi connectivity index (χ4v) is 2.12. The highest BCUT2D eigenvalue weighted by Gasteiger charge is 2.31. The lowest BCUT2D eigenvalue weighted by Crippen LogP contribution is -2.55. The van der Waals surface area contributed by atoms with Gasteiger partial charge in [-0.2, -0.15) is 0 Å². The molecule has 1 amide bonds. The van der Waals surface area contributed by atoms with Crippen LogP contribution in [0, 0.1) is 0 Å². The molecule has 1 aliphatic rings. The van der Waals surface area contributed by atoms with Crippen LogP contribution in [-0.2, 0) is 4.79 Å². The number of hydrogen-bond donors (Lipinski definition) is 0. The van der Waals surface area contributed by atoms with Crippen molar-refractivity contribution in [3.05, 3.63) is 53.6 Å². The molecule has 0 unspecified atom stereocenters. The molecule has 21 heavy (non-hydrogen) atoms. The molecular weight excluding hydrogens is 292 g/mol. The van der Waals surface area contributed by atoms with Gasteiger partial charge in [0, 0.05) is 12.3 Å². The van der Waals surface area contributed by atoms with Gasteiger partial charge in [0.2, 0.25) is 11.8 Å². The molecular formula is C15H13ClN2O3. The lowest BCUT2D eigenvalue weighted by atomic mass is 10.1. The molecule has 108 valence electrons. The number of aromatic nitrogens is 1. The van der Waals surface area contributed by atoms with Crippen molar-refractivity contribution in [1.29, 1.82) is 0 Å². The second-order valence-corrected chi connectivity index (χ2v) is 5.03. The Balaban J connectivity index is 1.49. The second kappa shape index (κ2) is 6.01.